The maximum absolute atomic E-state index is 12.3. The second-order valence-corrected chi connectivity index (χ2v) is 6.62. The molecular formula is C22H24N2O5. The third-order valence-corrected chi connectivity index (χ3v) is 3.66. The first-order valence-corrected chi connectivity index (χ1v) is 9.29. The second kappa shape index (κ2) is 10.7. The Morgan fingerprint density at radius 1 is 1.10 bits per heavy atom. The largest absolute Gasteiger partial charge is 0.490 e. The van der Waals surface area contributed by atoms with Gasteiger partial charge in [-0.3, -0.25) is 4.79 Å². The summed E-state index contributed by atoms with van der Waals surface area (Å²) in [7, 11) is 0. The smallest absolute Gasteiger partial charge is 0.338 e. The van der Waals surface area contributed by atoms with E-state index >= 15 is 0 Å². The van der Waals surface area contributed by atoms with Gasteiger partial charge >= 0.3 is 5.97 Å². The molecule has 1 N–H and O–H groups in total. The van der Waals surface area contributed by atoms with Crippen LogP contribution in [0.4, 0.5) is 5.69 Å². The number of carbonyl (C=O) groups is 2. The highest BCUT2D eigenvalue weighted by Crippen LogP contribution is 2.29. The van der Waals surface area contributed by atoms with Crippen LogP contribution < -0.4 is 14.8 Å². The molecule has 152 valence electrons. The minimum absolute atomic E-state index is 0.254. The lowest BCUT2D eigenvalue weighted by Crippen LogP contribution is -2.21. The first kappa shape index (κ1) is 21.8. The standard InChI is InChI=1S/C22H24N2O5/c1-4-27-20-11-17(8-9-19(20)28-13-15(2)3)22(26)29-14-21(25)24-18-7-5-6-16(10-18)12-23/h5-11,15H,4,13-14H2,1-3H3,(H,24,25). The van der Waals surface area contributed by atoms with Crippen LogP contribution >= 0.6 is 0 Å². The van der Waals surface area contributed by atoms with E-state index in [4.69, 9.17) is 19.5 Å². The van der Waals surface area contributed by atoms with Crippen molar-refractivity contribution in [2.75, 3.05) is 25.1 Å². The van der Waals surface area contributed by atoms with E-state index in [-0.39, 0.29) is 5.56 Å². The summed E-state index contributed by atoms with van der Waals surface area (Å²) in [5.74, 6) is 0.187. The van der Waals surface area contributed by atoms with Crippen LogP contribution in [-0.2, 0) is 9.53 Å². The highest BCUT2D eigenvalue weighted by molar-refractivity contribution is 5.95. The van der Waals surface area contributed by atoms with E-state index in [0.29, 0.717) is 41.9 Å². The molecule has 0 aliphatic carbocycles. The fraction of sp³-hybridized carbons (Fsp3) is 0.318. The quantitative estimate of drug-likeness (QED) is 0.648. The number of rotatable bonds is 9. The van der Waals surface area contributed by atoms with Crippen molar-refractivity contribution < 1.29 is 23.8 Å². The number of hydrogen-bond acceptors (Lipinski definition) is 6. The van der Waals surface area contributed by atoms with E-state index in [0.717, 1.165) is 0 Å². The number of hydrogen-bond donors (Lipinski definition) is 1. The van der Waals surface area contributed by atoms with Gasteiger partial charge in [0.25, 0.3) is 5.91 Å². The van der Waals surface area contributed by atoms with E-state index in [2.05, 4.69) is 5.32 Å². The van der Waals surface area contributed by atoms with E-state index in [1.54, 1.807) is 30.3 Å². The molecular weight excluding hydrogens is 372 g/mol. The van der Waals surface area contributed by atoms with Gasteiger partial charge in [-0.2, -0.15) is 5.26 Å². The third kappa shape index (κ3) is 6.85. The lowest BCUT2D eigenvalue weighted by atomic mass is 10.2. The molecule has 0 aromatic heterocycles. The van der Waals surface area contributed by atoms with Crippen molar-refractivity contribution >= 4 is 17.6 Å². The minimum atomic E-state index is -0.651. The monoisotopic (exact) mass is 396 g/mol. The summed E-state index contributed by atoms with van der Waals surface area (Å²) in [4.78, 5) is 24.3. The third-order valence-electron chi connectivity index (χ3n) is 3.66. The average molecular weight is 396 g/mol. The number of amides is 1. The number of carbonyl (C=O) groups excluding carboxylic acids is 2. The lowest BCUT2D eigenvalue weighted by molar-refractivity contribution is -0.119. The van der Waals surface area contributed by atoms with Gasteiger partial charge in [0.05, 0.1) is 30.4 Å². The lowest BCUT2D eigenvalue weighted by Gasteiger charge is -2.14. The van der Waals surface area contributed by atoms with Crippen molar-refractivity contribution in [1.29, 1.82) is 5.26 Å². The predicted molar refractivity (Wildman–Crippen MR) is 108 cm³/mol. The first-order chi connectivity index (χ1) is 13.9. The van der Waals surface area contributed by atoms with E-state index < -0.39 is 18.5 Å². The Kier molecular flexibility index (Phi) is 8.04. The topological polar surface area (TPSA) is 97.6 Å². The van der Waals surface area contributed by atoms with Gasteiger partial charge < -0.3 is 19.5 Å². The Morgan fingerprint density at radius 2 is 1.90 bits per heavy atom. The van der Waals surface area contributed by atoms with Crippen LogP contribution in [0.25, 0.3) is 0 Å². The zero-order valence-electron chi connectivity index (χ0n) is 16.7. The van der Waals surface area contributed by atoms with Crippen LogP contribution in [0.3, 0.4) is 0 Å². The molecule has 0 saturated heterocycles. The van der Waals surface area contributed by atoms with E-state index in [1.165, 1.54) is 12.1 Å². The number of nitrogens with one attached hydrogen (secondary N) is 1. The Hall–Kier alpha value is -3.53. The highest BCUT2D eigenvalue weighted by Gasteiger charge is 2.15. The zero-order chi connectivity index (χ0) is 21.2. The molecule has 0 fully saturated rings. The molecule has 0 bridgehead atoms. The Morgan fingerprint density at radius 3 is 2.59 bits per heavy atom. The van der Waals surface area contributed by atoms with Crippen molar-refractivity contribution in [1.82, 2.24) is 0 Å². The van der Waals surface area contributed by atoms with Gasteiger partial charge in [-0.05, 0) is 49.2 Å². The predicted octanol–water partition coefficient (Wildman–Crippen LogP) is 3.79. The van der Waals surface area contributed by atoms with Crippen LogP contribution in [0.5, 0.6) is 11.5 Å². The summed E-state index contributed by atoms with van der Waals surface area (Å²) >= 11 is 0. The van der Waals surface area contributed by atoms with Crippen molar-refractivity contribution in [2.45, 2.75) is 20.8 Å². The Balaban J connectivity index is 1.97. The summed E-state index contributed by atoms with van der Waals surface area (Å²) < 4.78 is 16.3. The molecule has 2 rings (SSSR count). The molecule has 7 nitrogen and oxygen atoms in total. The maximum Gasteiger partial charge on any atom is 0.338 e. The van der Waals surface area contributed by atoms with E-state index in [9.17, 15) is 9.59 Å². The molecule has 0 saturated carbocycles. The summed E-state index contributed by atoms with van der Waals surface area (Å²) in [5.41, 5.74) is 1.13. The number of benzene rings is 2. The molecule has 7 heteroatoms. The molecule has 29 heavy (non-hydrogen) atoms. The van der Waals surface area contributed by atoms with Crippen LogP contribution in [0, 0.1) is 17.2 Å². The van der Waals surface area contributed by atoms with Gasteiger partial charge in [0.1, 0.15) is 0 Å². The first-order valence-electron chi connectivity index (χ1n) is 9.29. The maximum atomic E-state index is 12.3. The molecule has 1 amide bonds. The summed E-state index contributed by atoms with van der Waals surface area (Å²) in [6.07, 6.45) is 0. The SMILES string of the molecule is CCOc1cc(C(=O)OCC(=O)Nc2cccc(C#N)c2)ccc1OCC(C)C. The van der Waals surface area contributed by atoms with Gasteiger partial charge in [-0.25, -0.2) is 4.79 Å². The van der Waals surface area contributed by atoms with Crippen LogP contribution in [-0.4, -0.2) is 31.7 Å². The van der Waals surface area contributed by atoms with Crippen molar-refractivity contribution in [3.8, 4) is 17.6 Å². The fourth-order valence-electron chi connectivity index (χ4n) is 2.36. The summed E-state index contributed by atoms with van der Waals surface area (Å²) in [6.45, 7) is 6.40. The number of anilines is 1. The van der Waals surface area contributed by atoms with Gasteiger partial charge in [-0.15, -0.1) is 0 Å². The molecule has 0 aliphatic heterocycles. The Bertz CT molecular complexity index is 902. The van der Waals surface area contributed by atoms with Crippen molar-refractivity contribution in [3.63, 3.8) is 0 Å². The van der Waals surface area contributed by atoms with Crippen LogP contribution in [0.2, 0.25) is 0 Å². The number of nitriles is 1. The van der Waals surface area contributed by atoms with Crippen LogP contribution in [0.1, 0.15) is 36.7 Å². The minimum Gasteiger partial charge on any atom is -0.490 e. The molecule has 0 unspecified atom stereocenters. The highest BCUT2D eigenvalue weighted by atomic mass is 16.5. The normalized spacial score (nSPS) is 10.2. The summed E-state index contributed by atoms with van der Waals surface area (Å²) in [6, 6.07) is 13.2. The zero-order valence-corrected chi connectivity index (χ0v) is 16.7. The molecule has 2 aromatic carbocycles. The Labute approximate surface area is 170 Å². The fourth-order valence-corrected chi connectivity index (χ4v) is 2.36. The molecule has 0 heterocycles. The number of nitrogens with zero attached hydrogens (tertiary/aromatic N) is 1. The number of esters is 1. The van der Waals surface area contributed by atoms with Crippen LogP contribution in [0.15, 0.2) is 42.5 Å². The molecule has 0 radical (unpaired) electrons. The van der Waals surface area contributed by atoms with Gasteiger partial charge in [0.2, 0.25) is 0 Å². The molecule has 0 aliphatic rings. The molecule has 0 atom stereocenters. The van der Waals surface area contributed by atoms with Gasteiger partial charge in [-0.1, -0.05) is 19.9 Å². The summed E-state index contributed by atoms with van der Waals surface area (Å²) in [5, 5.41) is 11.5. The number of ether oxygens (including phenoxy) is 3. The second-order valence-electron chi connectivity index (χ2n) is 6.62. The van der Waals surface area contributed by atoms with Gasteiger partial charge in [0, 0.05) is 5.69 Å². The van der Waals surface area contributed by atoms with Crippen molar-refractivity contribution in [3.05, 3.63) is 53.6 Å². The van der Waals surface area contributed by atoms with Gasteiger partial charge in [0.15, 0.2) is 18.1 Å². The average Bonchev–Trinajstić information content (AvgIpc) is 2.71. The van der Waals surface area contributed by atoms with Crippen molar-refractivity contribution in [2.24, 2.45) is 5.92 Å². The van der Waals surface area contributed by atoms with E-state index in [1.807, 2.05) is 26.8 Å². The molecule has 2 aromatic rings. The molecule has 0 spiro atoms.